The number of fused-ring (bicyclic) bond motifs is 4. The topological polar surface area (TPSA) is 169 Å². The van der Waals surface area contributed by atoms with Gasteiger partial charge in [-0.2, -0.15) is 11.8 Å². The molecule has 4 aromatic carbocycles. The number of alkyl halides is 6. The lowest BCUT2D eigenvalue weighted by molar-refractivity contribution is -0.275. The predicted molar refractivity (Wildman–Crippen MR) is 314 cm³/mol. The van der Waals surface area contributed by atoms with Crippen LogP contribution >= 0.6 is 11.8 Å². The van der Waals surface area contributed by atoms with Gasteiger partial charge in [0.1, 0.15) is 17.8 Å². The number of nitrogens with zero attached hydrogens (tertiary/aromatic N) is 4. The van der Waals surface area contributed by atoms with E-state index in [0.717, 1.165) is 93.2 Å². The molecule has 6 unspecified atom stereocenters. The molecule has 22 heteroatoms. The summed E-state index contributed by atoms with van der Waals surface area (Å²) < 4.78 is 93.8. The Morgan fingerprint density at radius 1 is 0.570 bits per heavy atom. The maximum atomic E-state index is 14.0. The summed E-state index contributed by atoms with van der Waals surface area (Å²) in [7, 11) is 0. The molecule has 4 aromatic rings. The first-order valence-electron chi connectivity index (χ1n) is 28.7. The summed E-state index contributed by atoms with van der Waals surface area (Å²) in [5, 5.41) is 0. The molecule has 0 N–H and O–H groups in total. The van der Waals surface area contributed by atoms with Crippen molar-refractivity contribution >= 4 is 71.1 Å². The monoisotopic (exact) mass is 1220 g/mol. The number of hydrogen-bond donors (Lipinski definition) is 0. The Bertz CT molecular complexity index is 2880. The number of halogens is 6. The van der Waals surface area contributed by atoms with Gasteiger partial charge in [-0.25, -0.2) is 0 Å². The molecule has 0 aromatic heterocycles. The van der Waals surface area contributed by atoms with Gasteiger partial charge in [0.05, 0.1) is 38.1 Å². The summed E-state index contributed by atoms with van der Waals surface area (Å²) in [6, 6.07) is 19.5. The number of benzene rings is 4. The van der Waals surface area contributed by atoms with E-state index < -0.39 is 36.2 Å². The Kier molecular flexibility index (Phi) is 22.2. The lowest BCUT2D eigenvalue weighted by atomic mass is 9.80. The van der Waals surface area contributed by atoms with Gasteiger partial charge in [-0.3, -0.25) is 33.6 Å². The lowest BCUT2D eigenvalue weighted by Crippen LogP contribution is -2.53. The predicted octanol–water partition coefficient (Wildman–Crippen LogP) is 13.7. The van der Waals surface area contributed by atoms with Gasteiger partial charge in [-0.05, 0) is 173 Å². The van der Waals surface area contributed by atoms with Crippen molar-refractivity contribution < 1.29 is 78.9 Å². The van der Waals surface area contributed by atoms with Gasteiger partial charge in [0.15, 0.2) is 0 Å². The first-order valence-corrected chi connectivity index (χ1v) is 30.3. The highest BCUT2D eigenvalue weighted by Crippen LogP contribution is 2.55. The molecule has 86 heavy (non-hydrogen) atoms. The molecule has 2 aliphatic heterocycles. The van der Waals surface area contributed by atoms with Gasteiger partial charge in [0.2, 0.25) is 11.8 Å². The average Bonchev–Trinajstić information content (AvgIpc) is 1.47. The normalized spacial score (nSPS) is 20.7. The van der Waals surface area contributed by atoms with E-state index in [1.165, 1.54) is 24.3 Å². The Hall–Kier alpha value is -7.36. The molecule has 0 spiro atoms. The van der Waals surface area contributed by atoms with Gasteiger partial charge in [0, 0.05) is 76.9 Å². The average molecular weight is 1220 g/mol. The Labute approximate surface area is 501 Å². The first-order chi connectivity index (χ1) is 40.6. The number of ether oxygens (including phenoxy) is 4. The van der Waals surface area contributed by atoms with Crippen LogP contribution in [0.2, 0.25) is 0 Å². The van der Waals surface area contributed by atoms with E-state index in [-0.39, 0.29) is 129 Å². The van der Waals surface area contributed by atoms with Crippen molar-refractivity contribution in [2.75, 3.05) is 35.5 Å². The lowest BCUT2D eigenvalue weighted by Gasteiger charge is -2.48. The molecule has 2 heterocycles. The van der Waals surface area contributed by atoms with E-state index >= 15 is 0 Å². The van der Waals surface area contributed by atoms with Crippen molar-refractivity contribution in [3.05, 3.63) is 125 Å². The third-order valence-corrected chi connectivity index (χ3v) is 16.0. The van der Waals surface area contributed by atoms with Gasteiger partial charge in [0.25, 0.3) is 11.8 Å². The molecule has 4 amide bonds. The van der Waals surface area contributed by atoms with E-state index in [4.69, 9.17) is 9.47 Å². The molecule has 6 atom stereocenters. The molecule has 6 aliphatic rings. The number of aldehydes is 1. The number of rotatable bonds is 18. The highest BCUT2D eigenvalue weighted by Gasteiger charge is 2.53. The molecule has 0 radical (unpaired) electrons. The van der Waals surface area contributed by atoms with Crippen molar-refractivity contribution in [1.29, 1.82) is 0 Å². The van der Waals surface area contributed by atoms with Gasteiger partial charge >= 0.3 is 24.7 Å². The summed E-state index contributed by atoms with van der Waals surface area (Å²) in [4.78, 5) is 98.2. The summed E-state index contributed by atoms with van der Waals surface area (Å²) in [6.45, 7) is 7.82. The largest absolute Gasteiger partial charge is 0.573 e. The number of carbonyl (C=O) groups is 7. The third-order valence-electron chi connectivity index (χ3n) is 16.0. The Balaban J connectivity index is 0.000000233. The van der Waals surface area contributed by atoms with Gasteiger partial charge in [-0.15, -0.1) is 26.3 Å². The van der Waals surface area contributed by atoms with E-state index in [0.29, 0.717) is 35.2 Å². The summed E-state index contributed by atoms with van der Waals surface area (Å²) in [6.07, 6.45) is 4.95. The van der Waals surface area contributed by atoms with Crippen LogP contribution in [0.5, 0.6) is 11.5 Å². The van der Waals surface area contributed by atoms with Crippen molar-refractivity contribution in [2.24, 2.45) is 11.8 Å². The number of hydrogen-bond acceptors (Lipinski definition) is 12. The number of carbonyl (C=O) groups excluding carboxylic acids is 7. The number of anilines is 2. The molecule has 15 nitrogen and oxygen atoms in total. The fourth-order valence-electron chi connectivity index (χ4n) is 12.5. The minimum atomic E-state index is -4.85. The zero-order chi connectivity index (χ0) is 61.3. The molecular weight excluding hydrogens is 1150 g/mol. The van der Waals surface area contributed by atoms with E-state index in [9.17, 15) is 59.9 Å². The zero-order valence-corrected chi connectivity index (χ0v) is 48.6. The zero-order valence-electron chi connectivity index (χ0n) is 47.8. The highest BCUT2D eigenvalue weighted by atomic mass is 32.2. The number of amides is 4. The molecule has 10 rings (SSSR count). The standard InChI is InChI=1S/C31H33F3N2O5.C30H31F3N2O6.C2H6S.CH4/c1-3-19-8-15-26-24(18-19)29(35(21-11-12-21)27(37)16-17-28(38)40-4-2)23-6-5-7-25(23)36(26)30(39)20-9-13-22(14-10-20)41-31(32,33)34;1-2-40-27(38)15-14-26(37)34(20-9-10-20)28-22-4-3-5-24(22)35(25-13-6-18(17-36)16-23(25)28)29(39)19-7-11-21(12-8-19)41-30(31,32)33;1-3-2;/h3,8-10,13-15,18,21,23,25,29H,1,4-7,11-12,16-17H2,2H3;6-8,11-13,16-17,20,22,24,28H,2-5,9-10,14-15H2,1H3;1-2H3;1H4. The van der Waals surface area contributed by atoms with E-state index in [1.54, 1.807) is 59.7 Å². The molecule has 4 saturated carbocycles. The summed E-state index contributed by atoms with van der Waals surface area (Å²) >= 11 is 1.75. The number of thioether (sulfide) groups is 1. The van der Waals surface area contributed by atoms with Crippen molar-refractivity contribution in [3.8, 4) is 11.5 Å². The maximum absolute atomic E-state index is 14.0. The maximum Gasteiger partial charge on any atom is 0.573 e. The Morgan fingerprint density at radius 3 is 1.28 bits per heavy atom. The van der Waals surface area contributed by atoms with E-state index in [1.807, 2.05) is 40.5 Å². The molecule has 464 valence electrons. The second-order valence-electron chi connectivity index (χ2n) is 21.7. The molecule has 0 saturated heterocycles. The molecular formula is C64H74F6N4O11S. The van der Waals surface area contributed by atoms with Crippen molar-refractivity contribution in [1.82, 2.24) is 9.80 Å². The van der Waals surface area contributed by atoms with Crippen LogP contribution in [-0.2, 0) is 28.7 Å². The third kappa shape index (κ3) is 15.8. The van der Waals surface area contributed by atoms with Crippen LogP contribution in [-0.4, -0.2) is 114 Å². The van der Waals surface area contributed by atoms with E-state index in [2.05, 4.69) is 16.1 Å². The summed E-state index contributed by atoms with van der Waals surface area (Å²) in [5.74, 6) is -2.80. The second kappa shape index (κ2) is 28.9. The minimum absolute atomic E-state index is 0. The molecule has 4 fully saturated rings. The van der Waals surface area contributed by atoms with Crippen molar-refractivity contribution in [2.45, 2.75) is 160 Å². The Morgan fingerprint density at radius 2 is 0.942 bits per heavy atom. The van der Waals surface area contributed by atoms with Gasteiger partial charge < -0.3 is 38.5 Å². The van der Waals surface area contributed by atoms with Crippen LogP contribution in [0.1, 0.15) is 171 Å². The number of esters is 2. The van der Waals surface area contributed by atoms with Crippen LogP contribution < -0.4 is 19.3 Å². The first kappa shape index (κ1) is 66.2. The van der Waals surface area contributed by atoms with Gasteiger partial charge in [-0.1, -0.05) is 39.0 Å². The minimum Gasteiger partial charge on any atom is -0.466 e. The summed E-state index contributed by atoms with van der Waals surface area (Å²) in [5.41, 5.74) is 4.45. The molecule has 0 bridgehead atoms. The van der Waals surface area contributed by atoms with Crippen LogP contribution in [0, 0.1) is 11.8 Å². The van der Waals surface area contributed by atoms with Crippen LogP contribution in [0.3, 0.4) is 0 Å². The fraction of sp³-hybridized carbons (Fsp3) is 0.484. The fourth-order valence-corrected chi connectivity index (χ4v) is 12.5. The van der Waals surface area contributed by atoms with Crippen LogP contribution in [0.4, 0.5) is 37.7 Å². The van der Waals surface area contributed by atoms with Crippen molar-refractivity contribution in [3.63, 3.8) is 0 Å². The molecule has 4 aliphatic carbocycles. The quantitative estimate of drug-likeness (QED) is 0.0526. The highest BCUT2D eigenvalue weighted by molar-refractivity contribution is 7.97. The van der Waals surface area contributed by atoms with Crippen LogP contribution in [0.25, 0.3) is 6.08 Å². The second-order valence-corrected chi connectivity index (χ2v) is 22.6. The van der Waals surface area contributed by atoms with Crippen LogP contribution in [0.15, 0.2) is 91.5 Å². The smallest absolute Gasteiger partial charge is 0.466 e. The SMILES string of the molecule is C.C=Cc1ccc2c(c1)C(N(C(=O)CCC(=O)OCC)C1CC1)C1CCCC1N2C(=O)c1ccc(OC(F)(F)F)cc1.CCOC(=O)CCC(=O)N(C1CC1)C1c2cc(C=O)ccc2N(C(=O)c2ccc(OC(F)(F)F)cc2)C2CCCC21.CSC.